The Morgan fingerprint density at radius 1 is 0.393 bits per heavy atom. The summed E-state index contributed by atoms with van der Waals surface area (Å²) in [4.78, 5) is 10.5. The number of hydrogen-bond donors (Lipinski definition) is 0. The quantitative estimate of drug-likeness (QED) is 0.172. The molecule has 0 aliphatic heterocycles. The Balaban J connectivity index is 1.07. The minimum absolute atomic E-state index is 0.653. The van der Waals surface area contributed by atoms with Crippen LogP contribution in [0.15, 0.2) is 205 Å². The van der Waals surface area contributed by atoms with Gasteiger partial charge in [-0.3, -0.25) is 0 Å². The maximum absolute atomic E-state index is 6.47. The summed E-state index contributed by atoms with van der Waals surface area (Å²) in [6.45, 7) is 0. The maximum atomic E-state index is 6.47. The second-order valence-electron chi connectivity index (χ2n) is 14.2. The van der Waals surface area contributed by atoms with Gasteiger partial charge in [-0.15, -0.1) is 0 Å². The molecule has 0 bridgehead atoms. The lowest BCUT2D eigenvalue weighted by Gasteiger charge is -2.11. The summed E-state index contributed by atoms with van der Waals surface area (Å²) in [6.07, 6.45) is 0. The number of fused-ring (bicyclic) bond motifs is 6. The van der Waals surface area contributed by atoms with Crippen LogP contribution in [0.25, 0.3) is 106 Å². The van der Waals surface area contributed by atoms with Crippen LogP contribution in [0, 0.1) is 0 Å². The van der Waals surface area contributed by atoms with E-state index in [1.807, 2.05) is 24.3 Å². The fourth-order valence-corrected chi connectivity index (χ4v) is 8.19. The molecule has 0 atom stereocenters. The third kappa shape index (κ3) is 5.31. The molecule has 3 aromatic heterocycles. The number of rotatable bonds is 6. The average molecular weight is 716 g/mol. The van der Waals surface area contributed by atoms with E-state index in [4.69, 9.17) is 14.4 Å². The summed E-state index contributed by atoms with van der Waals surface area (Å²) in [7, 11) is 0. The highest BCUT2D eigenvalue weighted by Crippen LogP contribution is 2.41. The molecule has 11 aromatic rings. The van der Waals surface area contributed by atoms with Crippen molar-refractivity contribution in [2.24, 2.45) is 0 Å². The summed E-state index contributed by atoms with van der Waals surface area (Å²) in [5.74, 6) is 0.653. The normalized spacial score (nSPS) is 11.6. The van der Waals surface area contributed by atoms with Crippen molar-refractivity contribution in [2.75, 3.05) is 0 Å². The summed E-state index contributed by atoms with van der Waals surface area (Å²) in [5.41, 5.74) is 15.4. The minimum Gasteiger partial charge on any atom is -0.452 e. The van der Waals surface area contributed by atoms with Crippen molar-refractivity contribution < 1.29 is 4.42 Å². The first-order valence-electron chi connectivity index (χ1n) is 18.9. The number of benzene rings is 8. The third-order valence-electron chi connectivity index (χ3n) is 10.8. The van der Waals surface area contributed by atoms with E-state index in [9.17, 15) is 0 Å². The highest BCUT2D eigenvalue weighted by atomic mass is 16.3. The molecule has 4 heteroatoms. The number of para-hydroxylation sites is 2. The van der Waals surface area contributed by atoms with Crippen LogP contribution in [0.3, 0.4) is 0 Å². The van der Waals surface area contributed by atoms with Gasteiger partial charge in [-0.1, -0.05) is 158 Å². The molecule has 11 rings (SSSR count). The summed E-state index contributed by atoms with van der Waals surface area (Å²) in [6, 6.07) is 70.4. The second-order valence-corrected chi connectivity index (χ2v) is 14.2. The molecule has 0 amide bonds. The molecule has 0 saturated carbocycles. The average Bonchev–Trinajstić information content (AvgIpc) is 3.83. The van der Waals surface area contributed by atoms with Gasteiger partial charge >= 0.3 is 0 Å². The molecule has 56 heavy (non-hydrogen) atoms. The van der Waals surface area contributed by atoms with E-state index in [0.717, 1.165) is 61.2 Å². The Hall–Kier alpha value is -7.56. The van der Waals surface area contributed by atoms with Crippen LogP contribution >= 0.6 is 0 Å². The van der Waals surface area contributed by atoms with Crippen LogP contribution in [0.2, 0.25) is 0 Å². The fourth-order valence-electron chi connectivity index (χ4n) is 8.19. The first kappa shape index (κ1) is 31.9. The molecule has 0 radical (unpaired) electrons. The zero-order chi connectivity index (χ0) is 37.0. The van der Waals surface area contributed by atoms with Crippen LogP contribution in [0.5, 0.6) is 0 Å². The van der Waals surface area contributed by atoms with Crippen molar-refractivity contribution in [3.63, 3.8) is 0 Å². The SMILES string of the molecule is c1ccc(-c2ccc(-c3nc(-c4cccc(-c5cccc6c5c5ccccc5n6-c5cccc(-c6ccccc6)c5)c4)nc4c3oc3ccccc34)cc2)cc1. The molecule has 0 N–H and O–H groups in total. The van der Waals surface area contributed by atoms with Gasteiger partial charge < -0.3 is 8.98 Å². The van der Waals surface area contributed by atoms with Gasteiger partial charge in [-0.25, -0.2) is 9.97 Å². The molecule has 3 heterocycles. The Labute approximate surface area is 323 Å². The van der Waals surface area contributed by atoms with E-state index in [2.05, 4.69) is 180 Å². The van der Waals surface area contributed by atoms with E-state index in [0.29, 0.717) is 11.4 Å². The highest BCUT2D eigenvalue weighted by molar-refractivity contribution is 6.16. The van der Waals surface area contributed by atoms with E-state index < -0.39 is 0 Å². The van der Waals surface area contributed by atoms with E-state index in [-0.39, 0.29) is 0 Å². The molecule has 0 spiro atoms. The van der Waals surface area contributed by atoms with Gasteiger partial charge in [-0.2, -0.15) is 0 Å². The van der Waals surface area contributed by atoms with E-state index >= 15 is 0 Å². The summed E-state index contributed by atoms with van der Waals surface area (Å²) in [5, 5.41) is 3.39. The predicted molar refractivity (Wildman–Crippen MR) is 231 cm³/mol. The Morgan fingerprint density at radius 3 is 1.80 bits per heavy atom. The summed E-state index contributed by atoms with van der Waals surface area (Å²) >= 11 is 0. The molecular weight excluding hydrogens is 683 g/mol. The van der Waals surface area contributed by atoms with E-state index in [1.54, 1.807) is 0 Å². The number of aromatic nitrogens is 3. The predicted octanol–water partition coefficient (Wildman–Crippen LogP) is 13.8. The monoisotopic (exact) mass is 715 g/mol. The van der Waals surface area contributed by atoms with Gasteiger partial charge in [0.25, 0.3) is 0 Å². The zero-order valence-corrected chi connectivity index (χ0v) is 30.3. The van der Waals surface area contributed by atoms with E-state index in [1.165, 1.54) is 33.0 Å². The van der Waals surface area contributed by atoms with Crippen LogP contribution < -0.4 is 0 Å². The van der Waals surface area contributed by atoms with Crippen molar-refractivity contribution >= 4 is 43.9 Å². The van der Waals surface area contributed by atoms with Gasteiger partial charge in [0.15, 0.2) is 11.4 Å². The van der Waals surface area contributed by atoms with Gasteiger partial charge in [-0.05, 0) is 75.8 Å². The minimum atomic E-state index is 0.653. The van der Waals surface area contributed by atoms with Gasteiger partial charge in [0.1, 0.15) is 16.8 Å². The first-order valence-corrected chi connectivity index (χ1v) is 18.9. The second kappa shape index (κ2) is 13.1. The first-order chi connectivity index (χ1) is 27.8. The lowest BCUT2D eigenvalue weighted by molar-refractivity contribution is 0.667. The van der Waals surface area contributed by atoms with Crippen molar-refractivity contribution in [1.29, 1.82) is 0 Å². The molecule has 0 fully saturated rings. The van der Waals surface area contributed by atoms with Crippen LogP contribution in [0.1, 0.15) is 0 Å². The van der Waals surface area contributed by atoms with Gasteiger partial charge in [0.2, 0.25) is 0 Å². The molecule has 8 aromatic carbocycles. The Morgan fingerprint density at radius 2 is 0.982 bits per heavy atom. The van der Waals surface area contributed by atoms with Crippen LogP contribution in [-0.2, 0) is 0 Å². The van der Waals surface area contributed by atoms with Crippen molar-refractivity contribution in [3.05, 3.63) is 200 Å². The fraction of sp³-hybridized carbons (Fsp3) is 0. The topological polar surface area (TPSA) is 43.9 Å². The number of furan rings is 1. The van der Waals surface area contributed by atoms with Crippen molar-refractivity contribution in [1.82, 2.24) is 14.5 Å². The Bertz CT molecular complexity index is 3230. The summed E-state index contributed by atoms with van der Waals surface area (Å²) < 4.78 is 8.86. The van der Waals surface area contributed by atoms with Gasteiger partial charge in [0, 0.05) is 33.0 Å². The standard InChI is InChI=1S/C52H33N3O/c1-3-14-34(15-4-1)36-28-30-37(31-29-36)49-51-50(44-23-8-10-27-47(44)56-51)54-52(53-49)40-20-11-19-39(32-40)42-24-13-26-46-48(42)43-22-7-9-25-45(43)55(46)41-21-12-18-38(33-41)35-16-5-2-6-17-35/h1-33H. The molecular formula is C52H33N3O. The highest BCUT2D eigenvalue weighted by Gasteiger charge is 2.20. The molecule has 0 aliphatic carbocycles. The lowest BCUT2D eigenvalue weighted by atomic mass is 9.97. The number of nitrogens with zero attached hydrogens (tertiary/aromatic N) is 3. The van der Waals surface area contributed by atoms with Crippen LogP contribution in [0.4, 0.5) is 0 Å². The molecule has 4 nitrogen and oxygen atoms in total. The number of hydrogen-bond acceptors (Lipinski definition) is 3. The molecule has 262 valence electrons. The molecule has 0 aliphatic rings. The lowest BCUT2D eigenvalue weighted by Crippen LogP contribution is -1.95. The zero-order valence-electron chi connectivity index (χ0n) is 30.3. The largest absolute Gasteiger partial charge is 0.452 e. The molecule has 0 unspecified atom stereocenters. The molecule has 0 saturated heterocycles. The smallest absolute Gasteiger partial charge is 0.180 e. The van der Waals surface area contributed by atoms with Crippen LogP contribution in [-0.4, -0.2) is 14.5 Å². The van der Waals surface area contributed by atoms with Gasteiger partial charge in [0.05, 0.1) is 11.0 Å². The third-order valence-corrected chi connectivity index (χ3v) is 10.8. The van der Waals surface area contributed by atoms with Crippen molar-refractivity contribution in [2.45, 2.75) is 0 Å². The Kier molecular flexibility index (Phi) is 7.46. The van der Waals surface area contributed by atoms with Crippen molar-refractivity contribution in [3.8, 4) is 61.7 Å². The maximum Gasteiger partial charge on any atom is 0.180 e.